The molecule has 0 saturated carbocycles. The maximum atomic E-state index is 12.0. The number of carbonyl (C=O) groups excluding carboxylic acids is 1. The topological polar surface area (TPSA) is 32.3 Å². The second-order valence-corrected chi connectivity index (χ2v) is 4.65. The lowest BCUT2D eigenvalue weighted by Gasteiger charge is -2.19. The third kappa shape index (κ3) is 1.83. The molecule has 1 aliphatic heterocycles. The number of nitrogens with one attached hydrogen (secondary N) is 1. The summed E-state index contributed by atoms with van der Waals surface area (Å²) in [7, 11) is 1.86. The average Bonchev–Trinajstić information content (AvgIpc) is 2.58. The fraction of sp³-hybridized carbons (Fsp3) is 0.462. The molecule has 86 valence electrons. The molecule has 1 N–H and O–H groups in total. The second kappa shape index (κ2) is 4.26. The highest BCUT2D eigenvalue weighted by Crippen LogP contribution is 2.25. The van der Waals surface area contributed by atoms with Crippen LogP contribution in [0.5, 0.6) is 0 Å². The molecule has 1 heterocycles. The molecule has 3 heteroatoms. The standard InChI is InChI=1S/C13H18N2O/c1-9(2)11-13(16)15(3)12(14-11)10-7-5-4-6-8-10/h4-9,11-12,14H,1-3H3. The van der Waals surface area contributed by atoms with Crippen molar-refractivity contribution in [1.82, 2.24) is 10.2 Å². The normalized spacial score (nSPS) is 25.5. The molecule has 0 aromatic heterocycles. The van der Waals surface area contributed by atoms with Gasteiger partial charge in [0.15, 0.2) is 0 Å². The van der Waals surface area contributed by atoms with Crippen molar-refractivity contribution >= 4 is 5.91 Å². The predicted octanol–water partition coefficient (Wildman–Crippen LogP) is 1.77. The van der Waals surface area contributed by atoms with Crippen molar-refractivity contribution in [2.75, 3.05) is 7.05 Å². The second-order valence-electron chi connectivity index (χ2n) is 4.65. The highest BCUT2D eigenvalue weighted by atomic mass is 16.2. The Balaban J connectivity index is 2.23. The molecule has 1 aliphatic rings. The molecule has 1 fully saturated rings. The van der Waals surface area contributed by atoms with Crippen LogP contribution in [0, 0.1) is 5.92 Å². The number of amides is 1. The van der Waals surface area contributed by atoms with Gasteiger partial charge >= 0.3 is 0 Å². The number of benzene rings is 1. The Labute approximate surface area is 96.5 Å². The van der Waals surface area contributed by atoms with Crippen LogP contribution in [-0.2, 0) is 4.79 Å². The summed E-state index contributed by atoms with van der Waals surface area (Å²) in [6.07, 6.45) is 0.0149. The first-order valence-electron chi connectivity index (χ1n) is 5.69. The molecule has 1 amide bonds. The lowest BCUT2D eigenvalue weighted by atomic mass is 10.1. The molecule has 0 radical (unpaired) electrons. The van der Waals surface area contributed by atoms with E-state index in [1.165, 1.54) is 0 Å². The Kier molecular flexibility index (Phi) is 2.97. The summed E-state index contributed by atoms with van der Waals surface area (Å²) < 4.78 is 0. The van der Waals surface area contributed by atoms with Crippen LogP contribution in [0.1, 0.15) is 25.6 Å². The third-order valence-corrected chi connectivity index (χ3v) is 3.12. The molecular weight excluding hydrogens is 200 g/mol. The molecule has 0 aliphatic carbocycles. The minimum absolute atomic E-state index is 0.0149. The zero-order valence-electron chi connectivity index (χ0n) is 9.97. The van der Waals surface area contributed by atoms with Gasteiger partial charge in [0.05, 0.1) is 6.04 Å². The van der Waals surface area contributed by atoms with Crippen LogP contribution in [0.25, 0.3) is 0 Å². The smallest absolute Gasteiger partial charge is 0.241 e. The Morgan fingerprint density at radius 3 is 2.38 bits per heavy atom. The summed E-state index contributed by atoms with van der Waals surface area (Å²) >= 11 is 0. The van der Waals surface area contributed by atoms with Gasteiger partial charge in [-0.2, -0.15) is 0 Å². The van der Waals surface area contributed by atoms with E-state index in [0.717, 1.165) is 5.56 Å². The van der Waals surface area contributed by atoms with Crippen LogP contribution in [0.4, 0.5) is 0 Å². The molecular formula is C13H18N2O. The summed E-state index contributed by atoms with van der Waals surface area (Å²) in [6, 6.07) is 10.0. The first kappa shape index (κ1) is 11.1. The highest BCUT2D eigenvalue weighted by Gasteiger charge is 2.38. The molecule has 1 aromatic carbocycles. The van der Waals surface area contributed by atoms with Gasteiger partial charge in [-0.05, 0) is 11.5 Å². The minimum atomic E-state index is -0.0600. The van der Waals surface area contributed by atoms with E-state index in [1.54, 1.807) is 4.90 Å². The Hall–Kier alpha value is -1.35. The zero-order valence-corrected chi connectivity index (χ0v) is 9.97. The number of carbonyl (C=O) groups is 1. The fourth-order valence-electron chi connectivity index (χ4n) is 2.13. The Morgan fingerprint density at radius 2 is 1.88 bits per heavy atom. The van der Waals surface area contributed by atoms with E-state index in [0.29, 0.717) is 5.92 Å². The van der Waals surface area contributed by atoms with E-state index in [-0.39, 0.29) is 18.1 Å². The van der Waals surface area contributed by atoms with Crippen LogP contribution in [-0.4, -0.2) is 23.9 Å². The van der Waals surface area contributed by atoms with Crippen molar-refractivity contribution in [3.63, 3.8) is 0 Å². The number of hydrogen-bond donors (Lipinski definition) is 1. The summed E-state index contributed by atoms with van der Waals surface area (Å²) in [5.74, 6) is 0.507. The molecule has 16 heavy (non-hydrogen) atoms. The molecule has 0 spiro atoms. The third-order valence-electron chi connectivity index (χ3n) is 3.12. The highest BCUT2D eigenvalue weighted by molar-refractivity contribution is 5.84. The molecule has 1 aromatic rings. The van der Waals surface area contributed by atoms with Crippen LogP contribution in [0.2, 0.25) is 0 Å². The summed E-state index contributed by atoms with van der Waals surface area (Å²) in [5, 5.41) is 3.38. The van der Waals surface area contributed by atoms with Crippen molar-refractivity contribution in [3.05, 3.63) is 35.9 Å². The van der Waals surface area contributed by atoms with Crippen LogP contribution in [0.15, 0.2) is 30.3 Å². The van der Waals surface area contributed by atoms with Crippen molar-refractivity contribution in [2.45, 2.75) is 26.1 Å². The minimum Gasteiger partial charge on any atom is -0.325 e. The van der Waals surface area contributed by atoms with Gasteiger partial charge in [0.25, 0.3) is 0 Å². The van der Waals surface area contributed by atoms with Crippen LogP contribution in [0.3, 0.4) is 0 Å². The predicted molar refractivity (Wildman–Crippen MR) is 63.7 cm³/mol. The van der Waals surface area contributed by atoms with Crippen molar-refractivity contribution in [2.24, 2.45) is 5.92 Å². The number of rotatable bonds is 2. The van der Waals surface area contributed by atoms with E-state index < -0.39 is 0 Å². The van der Waals surface area contributed by atoms with Gasteiger partial charge in [-0.1, -0.05) is 44.2 Å². The molecule has 2 unspecified atom stereocenters. The summed E-state index contributed by atoms with van der Waals surface area (Å²) in [4.78, 5) is 13.8. The van der Waals surface area contributed by atoms with Gasteiger partial charge < -0.3 is 4.90 Å². The van der Waals surface area contributed by atoms with E-state index in [9.17, 15) is 4.79 Å². The van der Waals surface area contributed by atoms with Gasteiger partial charge in [0.1, 0.15) is 6.17 Å². The summed E-state index contributed by atoms with van der Waals surface area (Å²) in [5.41, 5.74) is 1.14. The quantitative estimate of drug-likeness (QED) is 0.820. The Morgan fingerprint density at radius 1 is 1.25 bits per heavy atom. The van der Waals surface area contributed by atoms with Gasteiger partial charge in [0.2, 0.25) is 5.91 Å². The van der Waals surface area contributed by atoms with E-state index >= 15 is 0 Å². The molecule has 3 nitrogen and oxygen atoms in total. The largest absolute Gasteiger partial charge is 0.325 e. The SMILES string of the molecule is CC(C)C1NC(c2ccccc2)N(C)C1=O. The lowest BCUT2D eigenvalue weighted by Crippen LogP contribution is -2.33. The van der Waals surface area contributed by atoms with Crippen molar-refractivity contribution in [3.8, 4) is 0 Å². The number of nitrogens with zero attached hydrogens (tertiary/aromatic N) is 1. The maximum Gasteiger partial charge on any atom is 0.241 e. The summed E-state index contributed by atoms with van der Waals surface area (Å²) in [6.45, 7) is 4.13. The van der Waals surface area contributed by atoms with Crippen molar-refractivity contribution in [1.29, 1.82) is 0 Å². The van der Waals surface area contributed by atoms with E-state index in [1.807, 2.05) is 37.4 Å². The Bertz CT molecular complexity index is 375. The van der Waals surface area contributed by atoms with Gasteiger partial charge in [-0.3, -0.25) is 10.1 Å². The maximum absolute atomic E-state index is 12.0. The lowest BCUT2D eigenvalue weighted by molar-refractivity contribution is -0.129. The zero-order chi connectivity index (χ0) is 11.7. The van der Waals surface area contributed by atoms with Gasteiger partial charge in [0, 0.05) is 7.05 Å². The number of hydrogen-bond acceptors (Lipinski definition) is 2. The van der Waals surface area contributed by atoms with Crippen LogP contribution < -0.4 is 5.32 Å². The van der Waals surface area contributed by atoms with Gasteiger partial charge in [-0.15, -0.1) is 0 Å². The monoisotopic (exact) mass is 218 g/mol. The van der Waals surface area contributed by atoms with E-state index in [4.69, 9.17) is 0 Å². The van der Waals surface area contributed by atoms with E-state index in [2.05, 4.69) is 19.2 Å². The molecule has 0 bridgehead atoms. The molecule has 1 saturated heterocycles. The first-order chi connectivity index (χ1) is 7.61. The molecule has 2 atom stereocenters. The number of likely N-dealkylation sites (N-methyl/N-ethyl adjacent to an activating group) is 1. The average molecular weight is 218 g/mol. The van der Waals surface area contributed by atoms with Gasteiger partial charge in [-0.25, -0.2) is 0 Å². The fourth-order valence-corrected chi connectivity index (χ4v) is 2.13. The van der Waals surface area contributed by atoms with Crippen molar-refractivity contribution < 1.29 is 4.79 Å². The van der Waals surface area contributed by atoms with Crippen LogP contribution >= 0.6 is 0 Å². The molecule has 2 rings (SSSR count). The first-order valence-corrected chi connectivity index (χ1v) is 5.69.